The molecule has 1 aromatic rings. The first-order chi connectivity index (χ1) is 9.35. The number of hydrogen-bond donors (Lipinski definition) is 1. The zero-order valence-electron chi connectivity index (χ0n) is 12.0. The molecule has 1 saturated heterocycles. The molecule has 0 saturated carbocycles. The molecule has 2 heteroatoms. The highest BCUT2D eigenvalue weighted by Crippen LogP contribution is 2.27. The summed E-state index contributed by atoms with van der Waals surface area (Å²) in [5, 5.41) is 3.68. The molecule has 104 valence electrons. The molecule has 3 rings (SSSR count). The van der Waals surface area contributed by atoms with E-state index in [2.05, 4.69) is 30.4 Å². The van der Waals surface area contributed by atoms with Crippen molar-refractivity contribution in [3.63, 3.8) is 0 Å². The molecule has 0 aromatic heterocycles. The van der Waals surface area contributed by atoms with Crippen LogP contribution in [0.4, 0.5) is 0 Å². The van der Waals surface area contributed by atoms with Gasteiger partial charge in [0.15, 0.2) is 0 Å². The second-order valence-electron chi connectivity index (χ2n) is 6.03. The van der Waals surface area contributed by atoms with Crippen molar-refractivity contribution in [3.05, 3.63) is 29.3 Å². The quantitative estimate of drug-likeness (QED) is 0.895. The summed E-state index contributed by atoms with van der Waals surface area (Å²) in [5.74, 6) is 2.05. The van der Waals surface area contributed by atoms with Crippen LogP contribution >= 0.6 is 0 Å². The van der Waals surface area contributed by atoms with Crippen LogP contribution in [0.15, 0.2) is 18.2 Å². The molecule has 2 heterocycles. The van der Waals surface area contributed by atoms with Crippen molar-refractivity contribution in [1.29, 1.82) is 0 Å². The summed E-state index contributed by atoms with van der Waals surface area (Å²) in [7, 11) is 0. The Morgan fingerprint density at radius 2 is 2.32 bits per heavy atom. The van der Waals surface area contributed by atoms with E-state index in [-0.39, 0.29) is 0 Å². The van der Waals surface area contributed by atoms with Gasteiger partial charge in [-0.15, -0.1) is 0 Å². The topological polar surface area (TPSA) is 21.3 Å². The molecule has 1 aromatic carbocycles. The highest BCUT2D eigenvalue weighted by molar-refractivity contribution is 5.39. The second kappa shape index (κ2) is 5.96. The minimum absolute atomic E-state index is 0.725. The van der Waals surface area contributed by atoms with Gasteiger partial charge >= 0.3 is 0 Å². The Kier molecular flexibility index (Phi) is 4.07. The molecule has 0 bridgehead atoms. The van der Waals surface area contributed by atoms with Crippen LogP contribution < -0.4 is 10.1 Å². The van der Waals surface area contributed by atoms with Gasteiger partial charge in [0.1, 0.15) is 5.75 Å². The lowest BCUT2D eigenvalue weighted by molar-refractivity contribution is 0.285. The zero-order chi connectivity index (χ0) is 13.1. The van der Waals surface area contributed by atoms with Gasteiger partial charge in [-0.2, -0.15) is 0 Å². The summed E-state index contributed by atoms with van der Waals surface area (Å²) < 4.78 is 5.56. The van der Waals surface area contributed by atoms with Crippen molar-refractivity contribution >= 4 is 0 Å². The molecule has 19 heavy (non-hydrogen) atoms. The highest BCUT2D eigenvalue weighted by Gasteiger charge is 2.20. The summed E-state index contributed by atoms with van der Waals surface area (Å²) in [6, 6.07) is 7.47. The lowest BCUT2D eigenvalue weighted by Crippen LogP contribution is -2.38. The molecular weight excluding hydrogens is 234 g/mol. The van der Waals surface area contributed by atoms with Gasteiger partial charge in [0.05, 0.1) is 6.61 Å². The minimum Gasteiger partial charge on any atom is -0.493 e. The molecule has 0 aliphatic carbocycles. The Morgan fingerprint density at radius 1 is 1.37 bits per heavy atom. The monoisotopic (exact) mass is 259 g/mol. The van der Waals surface area contributed by atoms with E-state index < -0.39 is 0 Å². The number of nitrogens with one attached hydrogen (secondary N) is 1. The van der Waals surface area contributed by atoms with Gasteiger partial charge in [-0.3, -0.25) is 0 Å². The third kappa shape index (κ3) is 3.11. The molecule has 0 amide bonds. The number of benzene rings is 1. The average Bonchev–Trinajstić information content (AvgIpc) is 2.93. The largest absolute Gasteiger partial charge is 0.493 e. The van der Waals surface area contributed by atoms with Gasteiger partial charge in [-0.05, 0) is 55.3 Å². The van der Waals surface area contributed by atoms with E-state index >= 15 is 0 Å². The standard InChI is InChI=1S/C17H25NO/c1-2-13-7-9-18-16(12-13)5-3-14-4-6-17-15(11-14)8-10-19-17/h4,6,11,13,16,18H,2-3,5,7-10,12H2,1H3. The molecule has 2 unspecified atom stereocenters. The summed E-state index contributed by atoms with van der Waals surface area (Å²) in [5.41, 5.74) is 2.88. The van der Waals surface area contributed by atoms with E-state index in [1.807, 2.05) is 0 Å². The fourth-order valence-corrected chi connectivity index (χ4v) is 3.42. The normalized spacial score (nSPS) is 25.9. The summed E-state index contributed by atoms with van der Waals surface area (Å²) in [6.45, 7) is 4.40. The Balaban J connectivity index is 1.54. The Labute approximate surface area is 116 Å². The smallest absolute Gasteiger partial charge is 0.122 e. The molecule has 1 fully saturated rings. The molecule has 2 aliphatic rings. The Morgan fingerprint density at radius 3 is 3.21 bits per heavy atom. The van der Waals surface area contributed by atoms with E-state index in [9.17, 15) is 0 Å². The number of aryl methyl sites for hydroxylation is 1. The summed E-state index contributed by atoms with van der Waals surface area (Å²) in [6.07, 6.45) is 7.63. The van der Waals surface area contributed by atoms with Crippen LogP contribution in [0, 0.1) is 5.92 Å². The van der Waals surface area contributed by atoms with Crippen LogP contribution in [0.2, 0.25) is 0 Å². The molecule has 0 spiro atoms. The maximum atomic E-state index is 5.56. The molecule has 1 N–H and O–H groups in total. The zero-order valence-corrected chi connectivity index (χ0v) is 12.0. The minimum atomic E-state index is 0.725. The lowest BCUT2D eigenvalue weighted by Gasteiger charge is -2.29. The average molecular weight is 259 g/mol. The lowest BCUT2D eigenvalue weighted by atomic mass is 9.88. The van der Waals surface area contributed by atoms with E-state index in [1.54, 1.807) is 0 Å². The van der Waals surface area contributed by atoms with Crippen molar-refractivity contribution in [3.8, 4) is 5.75 Å². The van der Waals surface area contributed by atoms with Crippen LogP contribution in [0.1, 0.15) is 43.7 Å². The fourth-order valence-electron chi connectivity index (χ4n) is 3.42. The maximum absolute atomic E-state index is 5.56. The number of rotatable bonds is 4. The van der Waals surface area contributed by atoms with Crippen LogP contribution in [-0.2, 0) is 12.8 Å². The van der Waals surface area contributed by atoms with Gasteiger partial charge in [0, 0.05) is 12.5 Å². The summed E-state index contributed by atoms with van der Waals surface area (Å²) >= 11 is 0. The van der Waals surface area contributed by atoms with Crippen molar-refractivity contribution < 1.29 is 4.74 Å². The molecular formula is C17H25NO. The van der Waals surface area contributed by atoms with Gasteiger partial charge < -0.3 is 10.1 Å². The predicted molar refractivity (Wildman–Crippen MR) is 78.8 cm³/mol. The van der Waals surface area contributed by atoms with Crippen LogP contribution in [0.5, 0.6) is 5.75 Å². The van der Waals surface area contributed by atoms with Crippen LogP contribution in [0.25, 0.3) is 0 Å². The van der Waals surface area contributed by atoms with Crippen molar-refractivity contribution in [1.82, 2.24) is 5.32 Å². The number of fused-ring (bicyclic) bond motifs is 1. The predicted octanol–water partition coefficient (Wildman–Crippen LogP) is 3.33. The fraction of sp³-hybridized carbons (Fsp3) is 0.647. The van der Waals surface area contributed by atoms with Gasteiger partial charge in [-0.25, -0.2) is 0 Å². The van der Waals surface area contributed by atoms with Crippen LogP contribution in [-0.4, -0.2) is 19.2 Å². The first-order valence-corrected chi connectivity index (χ1v) is 7.83. The molecule has 2 aliphatic heterocycles. The van der Waals surface area contributed by atoms with E-state index in [0.717, 1.165) is 30.7 Å². The van der Waals surface area contributed by atoms with Gasteiger partial charge in [0.25, 0.3) is 0 Å². The third-order valence-electron chi connectivity index (χ3n) is 4.72. The number of hydrogen-bond acceptors (Lipinski definition) is 2. The molecule has 0 radical (unpaired) electrons. The number of piperidine rings is 1. The van der Waals surface area contributed by atoms with Crippen LogP contribution in [0.3, 0.4) is 0 Å². The van der Waals surface area contributed by atoms with E-state index in [1.165, 1.54) is 49.8 Å². The summed E-state index contributed by atoms with van der Waals surface area (Å²) in [4.78, 5) is 0. The highest BCUT2D eigenvalue weighted by atomic mass is 16.5. The van der Waals surface area contributed by atoms with Crippen molar-refractivity contribution in [2.75, 3.05) is 13.2 Å². The Bertz CT molecular complexity index is 429. The van der Waals surface area contributed by atoms with Crippen molar-refractivity contribution in [2.45, 2.75) is 51.5 Å². The van der Waals surface area contributed by atoms with E-state index in [0.29, 0.717) is 0 Å². The molecule has 2 nitrogen and oxygen atoms in total. The Hall–Kier alpha value is -1.02. The first kappa shape index (κ1) is 13.0. The van der Waals surface area contributed by atoms with Crippen molar-refractivity contribution in [2.24, 2.45) is 5.92 Å². The van der Waals surface area contributed by atoms with E-state index in [4.69, 9.17) is 4.74 Å². The molecule has 2 atom stereocenters. The second-order valence-corrected chi connectivity index (χ2v) is 6.03. The number of ether oxygens (including phenoxy) is 1. The third-order valence-corrected chi connectivity index (χ3v) is 4.72. The maximum Gasteiger partial charge on any atom is 0.122 e. The van der Waals surface area contributed by atoms with Gasteiger partial charge in [-0.1, -0.05) is 25.5 Å². The van der Waals surface area contributed by atoms with Gasteiger partial charge in [0.2, 0.25) is 0 Å². The SMILES string of the molecule is CCC1CCNC(CCc2ccc3c(c2)CCO3)C1. The first-order valence-electron chi connectivity index (χ1n) is 7.83.